The molecule has 0 saturated carbocycles. The average molecular weight is 251 g/mol. The monoisotopic (exact) mass is 251 g/mol. The van der Waals surface area contributed by atoms with Gasteiger partial charge in [0.1, 0.15) is 0 Å². The highest BCUT2D eigenvalue weighted by atomic mass is 16.5. The smallest absolute Gasteiger partial charge is 0.338 e. The molecular formula is C12H17N3O3. The summed E-state index contributed by atoms with van der Waals surface area (Å²) in [5.74, 6) is -0.128. The highest BCUT2D eigenvalue weighted by Gasteiger charge is 2.06. The largest absolute Gasteiger partial charge is 0.354 e. The molecule has 0 radical (unpaired) electrons. The zero-order chi connectivity index (χ0) is 13.4. The number of nitrogens with one attached hydrogen (secondary N) is 1. The first-order valence-corrected chi connectivity index (χ1v) is 5.66. The van der Waals surface area contributed by atoms with Crippen LogP contribution in [0.4, 0.5) is 4.79 Å². The molecule has 0 fully saturated rings. The van der Waals surface area contributed by atoms with Crippen molar-refractivity contribution >= 4 is 11.9 Å². The molecule has 0 aliphatic heterocycles. The summed E-state index contributed by atoms with van der Waals surface area (Å²) in [6.45, 7) is 0.152. The van der Waals surface area contributed by atoms with E-state index in [1.165, 1.54) is 0 Å². The van der Waals surface area contributed by atoms with Crippen LogP contribution in [0.15, 0.2) is 30.3 Å². The van der Waals surface area contributed by atoms with Crippen molar-refractivity contribution in [2.45, 2.75) is 12.8 Å². The summed E-state index contributed by atoms with van der Waals surface area (Å²) in [4.78, 5) is 21.9. The third kappa shape index (κ3) is 5.31. The van der Waals surface area contributed by atoms with E-state index in [9.17, 15) is 9.59 Å². The topological polar surface area (TPSA) is 95.7 Å². The van der Waals surface area contributed by atoms with Crippen LogP contribution >= 0.6 is 0 Å². The SMILES string of the molecule is NC(=O)N(O)CCNC(=O)CCc1ccccc1. The Hall–Kier alpha value is -2.08. The fraction of sp³-hybridized carbons (Fsp3) is 0.333. The maximum atomic E-state index is 11.4. The van der Waals surface area contributed by atoms with Gasteiger partial charge in [-0.3, -0.25) is 10.0 Å². The zero-order valence-electron chi connectivity index (χ0n) is 10.0. The van der Waals surface area contributed by atoms with Crippen LogP contribution in [0.25, 0.3) is 0 Å². The number of carbonyl (C=O) groups excluding carboxylic acids is 2. The molecule has 0 saturated heterocycles. The quantitative estimate of drug-likeness (QED) is 0.507. The third-order valence-electron chi connectivity index (χ3n) is 2.38. The molecule has 1 rings (SSSR count). The van der Waals surface area contributed by atoms with Gasteiger partial charge in [-0.1, -0.05) is 30.3 Å². The summed E-state index contributed by atoms with van der Waals surface area (Å²) >= 11 is 0. The minimum Gasteiger partial charge on any atom is -0.354 e. The van der Waals surface area contributed by atoms with E-state index in [0.717, 1.165) is 5.56 Å². The highest BCUT2D eigenvalue weighted by molar-refractivity contribution is 5.76. The minimum absolute atomic E-state index is 0.0214. The Morgan fingerprint density at radius 2 is 1.94 bits per heavy atom. The number of urea groups is 1. The number of nitrogens with zero attached hydrogens (tertiary/aromatic N) is 1. The highest BCUT2D eigenvalue weighted by Crippen LogP contribution is 2.01. The molecule has 0 heterocycles. The first-order chi connectivity index (χ1) is 8.59. The summed E-state index contributed by atoms with van der Waals surface area (Å²) < 4.78 is 0. The number of primary amides is 1. The van der Waals surface area contributed by atoms with E-state index < -0.39 is 6.03 Å². The van der Waals surface area contributed by atoms with E-state index in [4.69, 9.17) is 10.9 Å². The van der Waals surface area contributed by atoms with Crippen LogP contribution < -0.4 is 11.1 Å². The summed E-state index contributed by atoms with van der Waals surface area (Å²) in [6, 6.07) is 8.73. The number of hydroxylamine groups is 2. The van der Waals surface area contributed by atoms with Gasteiger partial charge in [0, 0.05) is 13.0 Å². The van der Waals surface area contributed by atoms with Crippen molar-refractivity contribution in [2.75, 3.05) is 13.1 Å². The van der Waals surface area contributed by atoms with Gasteiger partial charge in [0.05, 0.1) is 6.54 Å². The van der Waals surface area contributed by atoms with E-state index in [2.05, 4.69) is 5.32 Å². The maximum absolute atomic E-state index is 11.4. The lowest BCUT2D eigenvalue weighted by Crippen LogP contribution is -2.39. The predicted octanol–water partition coefficient (Wildman–Crippen LogP) is 0.505. The Labute approximate surface area is 105 Å². The molecule has 6 nitrogen and oxygen atoms in total. The number of amides is 3. The van der Waals surface area contributed by atoms with Crippen molar-refractivity contribution in [3.63, 3.8) is 0 Å². The van der Waals surface area contributed by atoms with Crippen molar-refractivity contribution in [3.05, 3.63) is 35.9 Å². The molecule has 0 aliphatic rings. The summed E-state index contributed by atoms with van der Waals surface area (Å²) in [6.07, 6.45) is 1.03. The van der Waals surface area contributed by atoms with Crippen molar-refractivity contribution in [1.82, 2.24) is 10.4 Å². The van der Waals surface area contributed by atoms with Crippen LogP contribution in [0.2, 0.25) is 0 Å². The Morgan fingerprint density at radius 1 is 1.28 bits per heavy atom. The van der Waals surface area contributed by atoms with Crippen LogP contribution in [0.5, 0.6) is 0 Å². The van der Waals surface area contributed by atoms with Crippen LogP contribution in [-0.2, 0) is 11.2 Å². The second-order valence-electron chi connectivity index (χ2n) is 3.80. The third-order valence-corrected chi connectivity index (χ3v) is 2.38. The molecule has 1 aromatic rings. The average Bonchev–Trinajstić information content (AvgIpc) is 2.37. The normalized spacial score (nSPS) is 9.83. The lowest BCUT2D eigenvalue weighted by Gasteiger charge is -2.12. The van der Waals surface area contributed by atoms with Gasteiger partial charge >= 0.3 is 6.03 Å². The fourth-order valence-corrected chi connectivity index (χ4v) is 1.40. The molecule has 3 amide bonds. The zero-order valence-corrected chi connectivity index (χ0v) is 10.0. The van der Waals surface area contributed by atoms with Gasteiger partial charge in [-0.15, -0.1) is 0 Å². The number of benzene rings is 1. The number of aryl methyl sites for hydroxylation is 1. The predicted molar refractivity (Wildman–Crippen MR) is 65.8 cm³/mol. The van der Waals surface area contributed by atoms with Gasteiger partial charge in [0.25, 0.3) is 0 Å². The molecular weight excluding hydrogens is 234 g/mol. The van der Waals surface area contributed by atoms with Crippen LogP contribution in [0, 0.1) is 0 Å². The fourth-order valence-electron chi connectivity index (χ4n) is 1.40. The van der Waals surface area contributed by atoms with Crippen molar-refractivity contribution in [2.24, 2.45) is 5.73 Å². The van der Waals surface area contributed by atoms with Crippen LogP contribution in [0.1, 0.15) is 12.0 Å². The molecule has 0 aromatic heterocycles. The second-order valence-corrected chi connectivity index (χ2v) is 3.80. The van der Waals surface area contributed by atoms with E-state index in [0.29, 0.717) is 17.9 Å². The van der Waals surface area contributed by atoms with Gasteiger partial charge in [0.2, 0.25) is 5.91 Å². The summed E-state index contributed by atoms with van der Waals surface area (Å²) in [5, 5.41) is 11.9. The Morgan fingerprint density at radius 3 is 2.56 bits per heavy atom. The van der Waals surface area contributed by atoms with E-state index in [-0.39, 0.29) is 19.0 Å². The summed E-state index contributed by atoms with van der Waals surface area (Å²) in [5.41, 5.74) is 5.90. The molecule has 18 heavy (non-hydrogen) atoms. The molecule has 1 aromatic carbocycles. The lowest BCUT2D eigenvalue weighted by atomic mass is 10.1. The Bertz CT molecular complexity index is 395. The van der Waals surface area contributed by atoms with Gasteiger partial charge in [-0.2, -0.15) is 0 Å². The van der Waals surface area contributed by atoms with Crippen molar-refractivity contribution in [1.29, 1.82) is 0 Å². The standard InChI is InChI=1S/C12H17N3O3/c13-12(17)15(18)9-8-14-11(16)7-6-10-4-2-1-3-5-10/h1-5,18H,6-9H2,(H2,13,17)(H,14,16). The molecule has 6 heteroatoms. The van der Waals surface area contributed by atoms with Crippen LogP contribution in [-0.4, -0.2) is 35.3 Å². The Kier molecular flexibility index (Phi) is 5.66. The molecule has 0 atom stereocenters. The van der Waals surface area contributed by atoms with Gasteiger partial charge in [0.15, 0.2) is 0 Å². The van der Waals surface area contributed by atoms with E-state index in [1.807, 2.05) is 30.3 Å². The van der Waals surface area contributed by atoms with Crippen molar-refractivity contribution in [3.8, 4) is 0 Å². The number of carbonyl (C=O) groups is 2. The van der Waals surface area contributed by atoms with E-state index in [1.54, 1.807) is 0 Å². The molecule has 0 spiro atoms. The number of rotatable bonds is 6. The lowest BCUT2D eigenvalue weighted by molar-refractivity contribution is -0.121. The molecule has 4 N–H and O–H groups in total. The van der Waals surface area contributed by atoms with Gasteiger partial charge in [-0.25, -0.2) is 9.86 Å². The number of hydrogen-bond acceptors (Lipinski definition) is 3. The van der Waals surface area contributed by atoms with Gasteiger partial charge in [-0.05, 0) is 12.0 Å². The molecule has 98 valence electrons. The molecule has 0 unspecified atom stereocenters. The minimum atomic E-state index is -0.937. The molecule has 0 aliphatic carbocycles. The van der Waals surface area contributed by atoms with Gasteiger partial charge < -0.3 is 11.1 Å². The summed E-state index contributed by atoms with van der Waals surface area (Å²) in [7, 11) is 0. The molecule has 0 bridgehead atoms. The van der Waals surface area contributed by atoms with E-state index >= 15 is 0 Å². The first-order valence-electron chi connectivity index (χ1n) is 5.66. The number of nitrogens with two attached hydrogens (primary N) is 1. The first kappa shape index (κ1) is 14.0. The number of hydrogen-bond donors (Lipinski definition) is 3. The maximum Gasteiger partial charge on any atom is 0.338 e. The Balaban J connectivity index is 2.17. The van der Waals surface area contributed by atoms with Crippen LogP contribution in [0.3, 0.4) is 0 Å². The second kappa shape index (κ2) is 7.29. The van der Waals surface area contributed by atoms with Crippen molar-refractivity contribution < 1.29 is 14.8 Å².